The van der Waals surface area contributed by atoms with E-state index in [9.17, 15) is 5.11 Å². The first-order valence-electron chi connectivity index (χ1n) is 8.96. The lowest BCUT2D eigenvalue weighted by Gasteiger charge is -2.35. The number of hydrogen-bond donors (Lipinski definition) is 3. The molecule has 0 aliphatic heterocycles. The molecule has 136 valence electrons. The van der Waals surface area contributed by atoms with Gasteiger partial charge in [-0.1, -0.05) is 19.3 Å². The van der Waals surface area contributed by atoms with Gasteiger partial charge >= 0.3 is 0 Å². The topological polar surface area (TPSA) is 75.1 Å². The summed E-state index contributed by atoms with van der Waals surface area (Å²) in [5.41, 5.74) is 0.185. The third kappa shape index (κ3) is 8.53. The molecule has 0 atom stereocenters. The molecule has 1 saturated carbocycles. The fourth-order valence-electron chi connectivity index (χ4n) is 3.10. The van der Waals surface area contributed by atoms with E-state index in [1.165, 1.54) is 32.1 Å². The Kier molecular flexibility index (Phi) is 11.0. The van der Waals surface area contributed by atoms with Gasteiger partial charge in [0.05, 0.1) is 19.8 Å². The van der Waals surface area contributed by atoms with Gasteiger partial charge in [0.25, 0.3) is 0 Å². The van der Waals surface area contributed by atoms with Gasteiger partial charge in [-0.15, -0.1) is 0 Å². The monoisotopic (exact) mass is 329 g/mol. The van der Waals surface area contributed by atoms with Gasteiger partial charge in [-0.25, -0.2) is 0 Å². The number of guanidine groups is 1. The van der Waals surface area contributed by atoms with Crippen molar-refractivity contribution in [3.8, 4) is 0 Å². The Bertz CT molecular complexity index is 313. The van der Waals surface area contributed by atoms with Gasteiger partial charge in [0.15, 0.2) is 5.96 Å². The summed E-state index contributed by atoms with van der Waals surface area (Å²) >= 11 is 0. The number of methoxy groups -OCH3 is 1. The quantitative estimate of drug-likeness (QED) is 0.305. The second-order valence-electron chi connectivity index (χ2n) is 6.26. The van der Waals surface area contributed by atoms with E-state index in [0.29, 0.717) is 19.8 Å². The summed E-state index contributed by atoms with van der Waals surface area (Å²) in [5, 5.41) is 16.0. The molecule has 1 aliphatic carbocycles. The van der Waals surface area contributed by atoms with Crippen LogP contribution in [0, 0.1) is 5.41 Å². The molecular weight excluding hydrogens is 294 g/mol. The highest BCUT2D eigenvalue weighted by molar-refractivity contribution is 5.79. The normalized spacial score (nSPS) is 18.0. The van der Waals surface area contributed by atoms with Gasteiger partial charge in [-0.05, 0) is 31.6 Å². The molecule has 0 unspecified atom stereocenters. The van der Waals surface area contributed by atoms with Crippen LogP contribution < -0.4 is 10.6 Å². The maximum absolute atomic E-state index is 9.39. The second-order valence-corrected chi connectivity index (χ2v) is 6.26. The molecular formula is C17H35N3O3. The zero-order valence-electron chi connectivity index (χ0n) is 14.9. The average molecular weight is 329 g/mol. The molecule has 6 nitrogen and oxygen atoms in total. The third-order valence-electron chi connectivity index (χ3n) is 4.44. The molecule has 1 aliphatic rings. The van der Waals surface area contributed by atoms with Crippen molar-refractivity contribution in [2.45, 2.75) is 45.4 Å². The molecule has 0 radical (unpaired) electrons. The van der Waals surface area contributed by atoms with Crippen LogP contribution in [-0.4, -0.2) is 64.2 Å². The first kappa shape index (κ1) is 20.2. The molecule has 0 aromatic carbocycles. The van der Waals surface area contributed by atoms with E-state index in [2.05, 4.69) is 17.6 Å². The summed E-state index contributed by atoms with van der Waals surface area (Å²) < 4.78 is 10.4. The van der Waals surface area contributed by atoms with Gasteiger partial charge in [-0.3, -0.25) is 4.99 Å². The zero-order valence-corrected chi connectivity index (χ0v) is 14.9. The van der Waals surface area contributed by atoms with Gasteiger partial charge in [0.2, 0.25) is 0 Å². The van der Waals surface area contributed by atoms with E-state index in [1.54, 1.807) is 7.11 Å². The maximum atomic E-state index is 9.39. The minimum absolute atomic E-state index is 0.185. The summed E-state index contributed by atoms with van der Waals surface area (Å²) in [5.74, 6) is 0.839. The van der Waals surface area contributed by atoms with E-state index in [1.807, 2.05) is 0 Å². The van der Waals surface area contributed by atoms with Crippen LogP contribution in [0.15, 0.2) is 4.99 Å². The fourth-order valence-corrected chi connectivity index (χ4v) is 3.10. The number of rotatable bonds is 11. The Morgan fingerprint density at radius 2 is 1.91 bits per heavy atom. The number of ether oxygens (including phenoxy) is 2. The molecule has 0 amide bonds. The molecule has 0 spiro atoms. The number of aliphatic hydroxyl groups is 1. The highest BCUT2D eigenvalue weighted by Crippen LogP contribution is 2.39. The zero-order chi connectivity index (χ0) is 16.8. The van der Waals surface area contributed by atoms with Crippen molar-refractivity contribution in [2.75, 3.05) is 53.2 Å². The molecule has 0 aromatic heterocycles. The predicted molar refractivity (Wildman–Crippen MR) is 93.9 cm³/mol. The minimum Gasteiger partial charge on any atom is -0.396 e. The summed E-state index contributed by atoms with van der Waals surface area (Å²) in [6.45, 7) is 6.54. The Hall–Kier alpha value is -0.850. The molecule has 0 bridgehead atoms. The molecule has 6 heteroatoms. The molecule has 0 saturated heterocycles. The number of nitrogens with zero attached hydrogens (tertiary/aromatic N) is 1. The van der Waals surface area contributed by atoms with Crippen molar-refractivity contribution in [3.63, 3.8) is 0 Å². The Balaban J connectivity index is 2.42. The molecule has 23 heavy (non-hydrogen) atoms. The molecule has 1 fully saturated rings. The lowest BCUT2D eigenvalue weighted by Crippen LogP contribution is -2.40. The summed E-state index contributed by atoms with van der Waals surface area (Å²) in [6.07, 6.45) is 7.04. The third-order valence-corrected chi connectivity index (χ3v) is 4.44. The van der Waals surface area contributed by atoms with Crippen molar-refractivity contribution < 1.29 is 14.6 Å². The van der Waals surface area contributed by atoms with Crippen LogP contribution in [0.25, 0.3) is 0 Å². The van der Waals surface area contributed by atoms with Crippen molar-refractivity contribution >= 4 is 5.96 Å². The van der Waals surface area contributed by atoms with E-state index in [4.69, 9.17) is 14.5 Å². The second kappa shape index (κ2) is 12.6. The Labute approximate surface area is 141 Å². The largest absolute Gasteiger partial charge is 0.396 e. The van der Waals surface area contributed by atoms with Crippen LogP contribution in [0.4, 0.5) is 0 Å². The van der Waals surface area contributed by atoms with Gasteiger partial charge in [0.1, 0.15) is 0 Å². The van der Waals surface area contributed by atoms with Crippen LogP contribution in [0.1, 0.15) is 45.4 Å². The van der Waals surface area contributed by atoms with Crippen LogP contribution in [-0.2, 0) is 9.47 Å². The van der Waals surface area contributed by atoms with Crippen molar-refractivity contribution in [1.29, 1.82) is 0 Å². The minimum atomic E-state index is 0.185. The van der Waals surface area contributed by atoms with Crippen molar-refractivity contribution in [1.82, 2.24) is 10.6 Å². The molecule has 0 aromatic rings. The number of aliphatic imine (C=N–C) groups is 1. The van der Waals surface area contributed by atoms with E-state index in [0.717, 1.165) is 32.0 Å². The first-order chi connectivity index (χ1) is 11.3. The van der Waals surface area contributed by atoms with Crippen LogP contribution in [0.3, 0.4) is 0 Å². The van der Waals surface area contributed by atoms with Crippen LogP contribution >= 0.6 is 0 Å². The lowest BCUT2D eigenvalue weighted by atomic mass is 9.72. The summed E-state index contributed by atoms with van der Waals surface area (Å²) in [6, 6.07) is 0. The summed E-state index contributed by atoms with van der Waals surface area (Å²) in [4.78, 5) is 4.76. The SMILES string of the molecule is CCNC(=NCC1(CCO)CCCCC1)NCCOCCOC. The Morgan fingerprint density at radius 3 is 2.57 bits per heavy atom. The number of aliphatic hydroxyl groups excluding tert-OH is 1. The molecule has 0 heterocycles. The van der Waals surface area contributed by atoms with E-state index >= 15 is 0 Å². The van der Waals surface area contributed by atoms with Crippen molar-refractivity contribution in [2.24, 2.45) is 10.4 Å². The van der Waals surface area contributed by atoms with E-state index in [-0.39, 0.29) is 12.0 Å². The average Bonchev–Trinajstić information content (AvgIpc) is 2.57. The fraction of sp³-hybridized carbons (Fsp3) is 0.941. The standard InChI is InChI=1S/C17H35N3O3/c1-3-18-16(19-10-12-23-14-13-22-2)20-15-17(9-11-21)7-5-4-6-8-17/h21H,3-15H2,1-2H3,(H2,18,19,20). The Morgan fingerprint density at radius 1 is 1.13 bits per heavy atom. The maximum Gasteiger partial charge on any atom is 0.191 e. The highest BCUT2D eigenvalue weighted by atomic mass is 16.5. The van der Waals surface area contributed by atoms with Crippen LogP contribution in [0.2, 0.25) is 0 Å². The predicted octanol–water partition coefficient (Wildman–Crippen LogP) is 1.54. The van der Waals surface area contributed by atoms with Gasteiger partial charge in [0, 0.05) is 33.4 Å². The molecule has 1 rings (SSSR count). The lowest BCUT2D eigenvalue weighted by molar-refractivity contribution is 0.0733. The molecule has 3 N–H and O–H groups in total. The van der Waals surface area contributed by atoms with Gasteiger partial charge in [-0.2, -0.15) is 0 Å². The number of hydrogen-bond acceptors (Lipinski definition) is 4. The van der Waals surface area contributed by atoms with Crippen molar-refractivity contribution in [3.05, 3.63) is 0 Å². The smallest absolute Gasteiger partial charge is 0.191 e. The van der Waals surface area contributed by atoms with Crippen LogP contribution in [0.5, 0.6) is 0 Å². The first-order valence-corrected chi connectivity index (χ1v) is 8.96. The van der Waals surface area contributed by atoms with E-state index < -0.39 is 0 Å². The van der Waals surface area contributed by atoms with Gasteiger partial charge < -0.3 is 25.2 Å². The highest BCUT2D eigenvalue weighted by Gasteiger charge is 2.31. The summed E-state index contributed by atoms with van der Waals surface area (Å²) in [7, 11) is 1.67. The number of nitrogens with one attached hydrogen (secondary N) is 2.